The van der Waals surface area contributed by atoms with E-state index in [1.54, 1.807) is 17.2 Å². The largest absolute Gasteiger partial charge is 0.493 e. The van der Waals surface area contributed by atoms with Crippen LogP contribution in [0.25, 0.3) is 5.65 Å². The Morgan fingerprint density at radius 3 is 2.68 bits per heavy atom. The molecule has 4 bridgehead atoms. The molecular weight excluding hydrogens is 562 g/mol. The number of methoxy groups -OCH3 is 1. The van der Waals surface area contributed by atoms with Crippen molar-refractivity contribution in [2.75, 3.05) is 26.8 Å². The third-order valence-corrected chi connectivity index (χ3v) is 8.03. The molecule has 0 saturated carbocycles. The minimum Gasteiger partial charge on any atom is -0.493 e. The van der Waals surface area contributed by atoms with Crippen LogP contribution in [-0.4, -0.2) is 71.0 Å². The number of hydrogen-bond donors (Lipinski definition) is 2. The van der Waals surface area contributed by atoms with E-state index < -0.39 is 12.1 Å². The average Bonchev–Trinajstić information content (AvgIpc) is 3.63. The van der Waals surface area contributed by atoms with E-state index in [1.165, 1.54) is 7.11 Å². The highest BCUT2D eigenvalue weighted by Gasteiger charge is 2.38. The molecule has 11 nitrogen and oxygen atoms in total. The Balaban J connectivity index is 1.21. The van der Waals surface area contributed by atoms with Crippen LogP contribution in [0.2, 0.25) is 0 Å². The number of carbonyl (C=O) groups excluding carboxylic acids is 3. The van der Waals surface area contributed by atoms with E-state index in [1.807, 2.05) is 66.1 Å². The molecule has 2 aromatic heterocycles. The van der Waals surface area contributed by atoms with Gasteiger partial charge < -0.3 is 34.1 Å². The summed E-state index contributed by atoms with van der Waals surface area (Å²) in [6, 6.07) is 16.3. The van der Waals surface area contributed by atoms with Crippen molar-refractivity contribution in [3.05, 3.63) is 89.4 Å². The molecule has 3 amide bonds. The Morgan fingerprint density at radius 2 is 1.86 bits per heavy atom. The lowest BCUT2D eigenvalue weighted by Gasteiger charge is -2.21. The highest BCUT2D eigenvalue weighted by atomic mass is 16.5. The molecule has 0 unspecified atom stereocenters. The van der Waals surface area contributed by atoms with Gasteiger partial charge in [0, 0.05) is 31.9 Å². The van der Waals surface area contributed by atoms with Gasteiger partial charge in [0.15, 0.2) is 18.1 Å². The van der Waals surface area contributed by atoms with E-state index in [4.69, 9.17) is 14.2 Å². The van der Waals surface area contributed by atoms with Gasteiger partial charge in [-0.15, -0.1) is 0 Å². The molecule has 0 aliphatic carbocycles. The normalized spacial score (nSPS) is 19.1. The molecule has 5 aliphatic rings. The number of fused-ring (bicyclic) bond motifs is 1. The summed E-state index contributed by atoms with van der Waals surface area (Å²) < 4.78 is 19.4. The van der Waals surface area contributed by atoms with Crippen LogP contribution in [-0.2, 0) is 33.8 Å². The molecule has 1 saturated heterocycles. The smallest absolute Gasteiger partial charge is 0.258 e. The van der Waals surface area contributed by atoms with Crippen molar-refractivity contribution in [3.8, 4) is 17.2 Å². The van der Waals surface area contributed by atoms with Crippen molar-refractivity contribution in [2.45, 2.75) is 44.9 Å². The molecule has 5 aliphatic heterocycles. The van der Waals surface area contributed by atoms with E-state index in [0.29, 0.717) is 43.3 Å². The Hall–Kier alpha value is -5.06. The van der Waals surface area contributed by atoms with E-state index in [0.717, 1.165) is 28.0 Å². The predicted octanol–water partition coefficient (Wildman–Crippen LogP) is 2.61. The van der Waals surface area contributed by atoms with Crippen LogP contribution in [0.15, 0.2) is 67.0 Å². The van der Waals surface area contributed by atoms with Crippen molar-refractivity contribution in [1.82, 2.24) is 24.9 Å². The number of carbonyl (C=O) groups is 3. The number of pyridine rings is 1. The van der Waals surface area contributed by atoms with Crippen LogP contribution in [0.3, 0.4) is 0 Å². The summed E-state index contributed by atoms with van der Waals surface area (Å²) in [7, 11) is 1.53. The van der Waals surface area contributed by atoms with Crippen LogP contribution >= 0.6 is 0 Å². The second kappa shape index (κ2) is 12.7. The third kappa shape index (κ3) is 6.46. The molecule has 44 heavy (non-hydrogen) atoms. The molecule has 1 fully saturated rings. The maximum atomic E-state index is 13.5. The average molecular weight is 598 g/mol. The molecule has 2 atom stereocenters. The number of aryl methyl sites for hydroxylation is 2. The molecule has 0 spiro atoms. The van der Waals surface area contributed by atoms with E-state index >= 15 is 0 Å². The summed E-state index contributed by atoms with van der Waals surface area (Å²) in [6.07, 6.45) is 4.09. The van der Waals surface area contributed by atoms with Crippen LogP contribution in [0.1, 0.15) is 28.8 Å². The second-order valence-corrected chi connectivity index (χ2v) is 11.1. The number of hydrogen-bond acceptors (Lipinski definition) is 7. The van der Waals surface area contributed by atoms with Crippen molar-refractivity contribution in [2.24, 2.45) is 0 Å². The predicted molar refractivity (Wildman–Crippen MR) is 162 cm³/mol. The second-order valence-electron chi connectivity index (χ2n) is 11.1. The van der Waals surface area contributed by atoms with Gasteiger partial charge >= 0.3 is 0 Å². The summed E-state index contributed by atoms with van der Waals surface area (Å²) >= 11 is 0. The molecule has 4 aromatic rings. The zero-order valence-electron chi connectivity index (χ0n) is 24.7. The van der Waals surface area contributed by atoms with Gasteiger partial charge in [-0.3, -0.25) is 14.4 Å². The lowest BCUT2D eigenvalue weighted by molar-refractivity contribution is -0.130. The van der Waals surface area contributed by atoms with Crippen molar-refractivity contribution >= 4 is 23.4 Å². The lowest BCUT2D eigenvalue weighted by atomic mass is 10.1. The summed E-state index contributed by atoms with van der Waals surface area (Å²) in [6.45, 7) is 2.81. The van der Waals surface area contributed by atoms with Crippen LogP contribution in [0.5, 0.6) is 17.2 Å². The summed E-state index contributed by atoms with van der Waals surface area (Å²) in [5.74, 6) is 1.07. The Bertz CT molecular complexity index is 1680. The van der Waals surface area contributed by atoms with Crippen LogP contribution < -0.4 is 24.8 Å². The Labute approximate surface area is 255 Å². The monoisotopic (exact) mass is 597 g/mol. The van der Waals surface area contributed by atoms with Gasteiger partial charge in [-0.1, -0.05) is 24.3 Å². The molecule has 7 heterocycles. The van der Waals surface area contributed by atoms with Crippen molar-refractivity contribution < 1.29 is 28.6 Å². The summed E-state index contributed by atoms with van der Waals surface area (Å²) in [5, 5.41) is 5.98. The number of nitrogens with one attached hydrogen (secondary N) is 2. The summed E-state index contributed by atoms with van der Waals surface area (Å²) in [4.78, 5) is 45.3. The molecule has 2 aromatic carbocycles. The Kier molecular flexibility index (Phi) is 8.36. The van der Waals surface area contributed by atoms with E-state index in [2.05, 4.69) is 15.6 Å². The maximum Gasteiger partial charge on any atom is 0.258 e. The van der Waals surface area contributed by atoms with Gasteiger partial charge in [0.05, 0.1) is 31.8 Å². The maximum absolute atomic E-state index is 13.5. The zero-order valence-corrected chi connectivity index (χ0v) is 24.7. The highest BCUT2D eigenvalue weighted by molar-refractivity contribution is 5.80. The quantitative estimate of drug-likeness (QED) is 0.372. The number of rotatable bonds is 3. The van der Waals surface area contributed by atoms with Crippen LogP contribution in [0, 0.1) is 6.92 Å². The minimum absolute atomic E-state index is 0.0651. The number of amides is 3. The zero-order chi connectivity index (χ0) is 30.6. The fourth-order valence-corrected chi connectivity index (χ4v) is 5.61. The first kappa shape index (κ1) is 29.0. The number of likely N-dealkylation sites (tertiary alicyclic amines) is 1. The number of ether oxygens (including phenoxy) is 3. The fraction of sp³-hybridized carbons (Fsp3) is 0.333. The lowest BCUT2D eigenvalue weighted by Crippen LogP contribution is -2.45. The molecule has 9 rings (SSSR count). The molecule has 0 radical (unpaired) electrons. The molecule has 11 heteroatoms. The topological polar surface area (TPSA) is 124 Å². The van der Waals surface area contributed by atoms with E-state index in [9.17, 15) is 14.4 Å². The van der Waals surface area contributed by atoms with Gasteiger partial charge in [0.1, 0.15) is 17.5 Å². The SMILES string of the molecule is COc1cc2ccc1OCC(=O)NCc1ccc(cc1)O[C@H]1CN(C(=O)Cc3cnc4c(C)cccn34)C[C@@H]1NC(=O)CC2. The van der Waals surface area contributed by atoms with Crippen molar-refractivity contribution in [1.29, 1.82) is 0 Å². The van der Waals surface area contributed by atoms with Gasteiger partial charge in [-0.25, -0.2) is 4.98 Å². The van der Waals surface area contributed by atoms with Gasteiger partial charge in [-0.05, 0) is 60.4 Å². The van der Waals surface area contributed by atoms with Crippen molar-refractivity contribution in [3.63, 3.8) is 0 Å². The van der Waals surface area contributed by atoms with Gasteiger partial charge in [0.25, 0.3) is 5.91 Å². The number of imidazole rings is 1. The third-order valence-electron chi connectivity index (χ3n) is 8.03. The van der Waals surface area contributed by atoms with Gasteiger partial charge in [0.2, 0.25) is 11.8 Å². The van der Waals surface area contributed by atoms with Crippen LogP contribution in [0.4, 0.5) is 0 Å². The molecule has 2 N–H and O–H groups in total. The first-order valence-corrected chi connectivity index (χ1v) is 14.7. The molecular formula is C33H35N5O6. The highest BCUT2D eigenvalue weighted by Crippen LogP contribution is 2.29. The fourth-order valence-electron chi connectivity index (χ4n) is 5.61. The number of nitrogens with zero attached hydrogens (tertiary/aromatic N) is 3. The summed E-state index contributed by atoms with van der Waals surface area (Å²) in [5.41, 5.74) is 4.44. The minimum atomic E-state index is -0.444. The standard InChI is InChI=1S/C33H35N5O6/c1-21-4-3-13-38-24(17-35-33(21)38)15-32(41)37-18-26-29(19-37)44-25-9-5-23(6-10-25)16-34-31(40)20-43-27-11-7-22(14-28(27)42-2)8-12-30(39)36-26/h3-7,9-11,13-14,17,26,29H,8,12,15-16,18-20H2,1-2H3,(H,34,40)(H,36,39)/t26-,29-/m0/s1. The Morgan fingerprint density at radius 1 is 1.05 bits per heavy atom. The number of aromatic nitrogens is 2. The van der Waals surface area contributed by atoms with E-state index in [-0.39, 0.29) is 37.2 Å². The first-order chi connectivity index (χ1) is 21.4. The first-order valence-electron chi connectivity index (χ1n) is 14.7. The number of benzene rings is 2. The van der Waals surface area contributed by atoms with Gasteiger partial charge in [-0.2, -0.15) is 0 Å². The molecule has 228 valence electrons.